The minimum atomic E-state index is 0.0411. The van der Waals surface area contributed by atoms with Crippen LogP contribution in [0.15, 0.2) is 16.8 Å². The molecule has 1 aliphatic carbocycles. The van der Waals surface area contributed by atoms with Crippen LogP contribution < -0.4 is 5.32 Å². The number of carbonyl (C=O) groups is 2. The summed E-state index contributed by atoms with van der Waals surface area (Å²) < 4.78 is 0. The van der Waals surface area contributed by atoms with Crippen molar-refractivity contribution in [3.05, 3.63) is 22.4 Å². The van der Waals surface area contributed by atoms with Crippen LogP contribution in [0, 0.1) is 5.92 Å². The van der Waals surface area contributed by atoms with Gasteiger partial charge >= 0.3 is 6.03 Å². The summed E-state index contributed by atoms with van der Waals surface area (Å²) in [5.74, 6) is 0.868. The molecule has 1 saturated heterocycles. The molecule has 0 aromatic carbocycles. The Morgan fingerprint density at radius 3 is 2.50 bits per heavy atom. The van der Waals surface area contributed by atoms with Gasteiger partial charge in [0.15, 0.2) is 0 Å². The predicted molar refractivity (Wildman–Crippen MR) is 96.4 cm³/mol. The summed E-state index contributed by atoms with van der Waals surface area (Å²) in [6.07, 6.45) is 5.42. The van der Waals surface area contributed by atoms with Crippen LogP contribution in [0.1, 0.15) is 49.4 Å². The number of carbonyl (C=O) groups excluding carboxylic acids is 2. The third-order valence-corrected chi connectivity index (χ3v) is 5.87. The Bertz CT molecular complexity index is 553. The molecule has 3 rings (SSSR count). The van der Waals surface area contributed by atoms with E-state index in [4.69, 9.17) is 0 Å². The normalized spacial score (nSPS) is 25.2. The predicted octanol–water partition coefficient (Wildman–Crippen LogP) is 3.18. The Balaban J connectivity index is 1.49. The summed E-state index contributed by atoms with van der Waals surface area (Å²) in [6, 6.07) is 2.23. The second kappa shape index (κ2) is 8.01. The Morgan fingerprint density at radius 2 is 1.79 bits per heavy atom. The zero-order valence-electron chi connectivity index (χ0n) is 14.4. The Morgan fingerprint density at radius 1 is 1.08 bits per heavy atom. The van der Waals surface area contributed by atoms with E-state index in [9.17, 15) is 9.59 Å². The van der Waals surface area contributed by atoms with E-state index in [1.54, 1.807) is 11.3 Å². The molecule has 1 aliphatic heterocycles. The van der Waals surface area contributed by atoms with Gasteiger partial charge < -0.3 is 15.1 Å². The first-order valence-electron chi connectivity index (χ1n) is 9.00. The van der Waals surface area contributed by atoms with Crippen LogP contribution in [0.4, 0.5) is 4.79 Å². The summed E-state index contributed by atoms with van der Waals surface area (Å²) in [4.78, 5) is 28.7. The van der Waals surface area contributed by atoms with Crippen molar-refractivity contribution in [2.45, 2.75) is 45.1 Å². The third-order valence-electron chi connectivity index (χ3n) is 5.18. The summed E-state index contributed by atoms with van der Waals surface area (Å²) in [6.45, 7) is 4.96. The van der Waals surface area contributed by atoms with Crippen LogP contribution in [0.25, 0.3) is 0 Å². The van der Waals surface area contributed by atoms with E-state index < -0.39 is 0 Å². The first kappa shape index (κ1) is 17.3. The lowest BCUT2D eigenvalue weighted by atomic mass is 9.87. The van der Waals surface area contributed by atoms with E-state index in [-0.39, 0.29) is 11.9 Å². The molecule has 0 radical (unpaired) electrons. The number of nitrogens with one attached hydrogen (secondary N) is 1. The third kappa shape index (κ3) is 4.29. The van der Waals surface area contributed by atoms with Crippen molar-refractivity contribution in [2.24, 2.45) is 5.92 Å². The fourth-order valence-corrected chi connectivity index (χ4v) is 4.19. The highest BCUT2D eigenvalue weighted by molar-refractivity contribution is 7.08. The molecule has 0 bridgehead atoms. The smallest absolute Gasteiger partial charge is 0.317 e. The van der Waals surface area contributed by atoms with Crippen molar-refractivity contribution >= 4 is 23.3 Å². The van der Waals surface area contributed by atoms with Gasteiger partial charge in [-0.05, 0) is 49.5 Å². The Kier molecular flexibility index (Phi) is 5.76. The molecule has 1 aromatic heterocycles. The SMILES string of the molecule is CC1CCC(NC(=O)N2CCCN(C(=O)c3ccsc3)CC2)CC1. The second-order valence-corrected chi connectivity index (χ2v) is 7.83. The number of amides is 3. The van der Waals surface area contributed by atoms with Crippen LogP contribution >= 0.6 is 11.3 Å². The lowest BCUT2D eigenvalue weighted by molar-refractivity contribution is 0.0762. The number of hydrogen-bond acceptors (Lipinski definition) is 3. The maximum Gasteiger partial charge on any atom is 0.317 e. The van der Waals surface area contributed by atoms with Gasteiger partial charge in [-0.2, -0.15) is 11.3 Å². The fourth-order valence-electron chi connectivity index (χ4n) is 3.56. The van der Waals surface area contributed by atoms with Crippen LogP contribution in [0.3, 0.4) is 0 Å². The van der Waals surface area contributed by atoms with Gasteiger partial charge in [0, 0.05) is 37.6 Å². The highest BCUT2D eigenvalue weighted by Crippen LogP contribution is 2.23. The van der Waals surface area contributed by atoms with Gasteiger partial charge in [-0.3, -0.25) is 4.79 Å². The van der Waals surface area contributed by atoms with Gasteiger partial charge in [0.1, 0.15) is 0 Å². The molecule has 6 heteroatoms. The molecule has 2 aliphatic rings. The van der Waals surface area contributed by atoms with Gasteiger partial charge in [-0.15, -0.1) is 0 Å². The van der Waals surface area contributed by atoms with E-state index in [2.05, 4.69) is 12.2 Å². The molecule has 1 saturated carbocycles. The molecule has 0 spiro atoms. The van der Waals surface area contributed by atoms with Crippen LogP contribution in [-0.4, -0.2) is 54.0 Å². The van der Waals surface area contributed by atoms with Crippen molar-refractivity contribution in [3.63, 3.8) is 0 Å². The molecule has 5 nitrogen and oxygen atoms in total. The van der Waals surface area contributed by atoms with Gasteiger partial charge in [-0.1, -0.05) is 6.92 Å². The Hall–Kier alpha value is -1.56. The van der Waals surface area contributed by atoms with Gasteiger partial charge in [-0.25, -0.2) is 4.79 Å². The average Bonchev–Trinajstić information content (AvgIpc) is 3.00. The van der Waals surface area contributed by atoms with E-state index in [0.29, 0.717) is 19.1 Å². The zero-order valence-corrected chi connectivity index (χ0v) is 15.2. The largest absolute Gasteiger partial charge is 0.337 e. The zero-order chi connectivity index (χ0) is 16.9. The molecular formula is C18H27N3O2S. The molecular weight excluding hydrogens is 322 g/mol. The summed E-state index contributed by atoms with van der Waals surface area (Å²) in [5, 5.41) is 7.01. The molecule has 2 heterocycles. The van der Waals surface area contributed by atoms with Crippen molar-refractivity contribution < 1.29 is 9.59 Å². The lowest BCUT2D eigenvalue weighted by Crippen LogP contribution is -2.47. The quantitative estimate of drug-likeness (QED) is 0.891. The molecule has 3 amide bonds. The van der Waals surface area contributed by atoms with Crippen molar-refractivity contribution in [1.82, 2.24) is 15.1 Å². The second-order valence-electron chi connectivity index (χ2n) is 7.05. The van der Waals surface area contributed by atoms with Gasteiger partial charge in [0.25, 0.3) is 5.91 Å². The molecule has 24 heavy (non-hydrogen) atoms. The molecule has 1 N–H and O–H groups in total. The van der Waals surface area contributed by atoms with E-state index >= 15 is 0 Å². The van der Waals surface area contributed by atoms with E-state index in [1.807, 2.05) is 26.6 Å². The molecule has 132 valence electrons. The monoisotopic (exact) mass is 349 g/mol. The molecule has 0 atom stereocenters. The first-order chi connectivity index (χ1) is 11.6. The van der Waals surface area contributed by atoms with Crippen molar-refractivity contribution in [3.8, 4) is 0 Å². The van der Waals surface area contributed by atoms with Crippen molar-refractivity contribution in [1.29, 1.82) is 0 Å². The van der Waals surface area contributed by atoms with Crippen LogP contribution in [0.2, 0.25) is 0 Å². The number of urea groups is 1. The number of thiophene rings is 1. The highest BCUT2D eigenvalue weighted by atomic mass is 32.1. The molecule has 1 aromatic rings. The first-order valence-corrected chi connectivity index (χ1v) is 9.94. The number of rotatable bonds is 2. The topological polar surface area (TPSA) is 52.7 Å². The number of hydrogen-bond donors (Lipinski definition) is 1. The lowest BCUT2D eigenvalue weighted by Gasteiger charge is -2.30. The average molecular weight is 350 g/mol. The fraction of sp³-hybridized carbons (Fsp3) is 0.667. The van der Waals surface area contributed by atoms with Crippen LogP contribution in [0.5, 0.6) is 0 Å². The van der Waals surface area contributed by atoms with E-state index in [1.165, 1.54) is 12.8 Å². The van der Waals surface area contributed by atoms with Crippen molar-refractivity contribution in [2.75, 3.05) is 26.2 Å². The minimum absolute atomic E-state index is 0.0411. The molecule has 2 fully saturated rings. The standard InChI is InChI=1S/C18H27N3O2S/c1-14-3-5-16(6-4-14)19-18(23)21-9-2-8-20(10-11-21)17(22)15-7-12-24-13-15/h7,12-14,16H,2-6,8-11H2,1H3,(H,19,23). The maximum atomic E-state index is 12.5. The number of nitrogens with zero attached hydrogens (tertiary/aromatic N) is 2. The summed E-state index contributed by atoms with van der Waals surface area (Å²) in [7, 11) is 0. The maximum absolute atomic E-state index is 12.5. The van der Waals surface area contributed by atoms with E-state index in [0.717, 1.165) is 43.8 Å². The summed E-state index contributed by atoms with van der Waals surface area (Å²) >= 11 is 1.54. The minimum Gasteiger partial charge on any atom is -0.337 e. The Labute approximate surface area is 148 Å². The van der Waals surface area contributed by atoms with Gasteiger partial charge in [0.2, 0.25) is 0 Å². The summed E-state index contributed by atoms with van der Waals surface area (Å²) in [5.41, 5.74) is 0.759. The molecule has 0 unspecified atom stereocenters. The van der Waals surface area contributed by atoms with Gasteiger partial charge in [0.05, 0.1) is 5.56 Å². The van der Waals surface area contributed by atoms with Crippen LogP contribution in [-0.2, 0) is 0 Å². The highest BCUT2D eigenvalue weighted by Gasteiger charge is 2.25.